The molecule has 2 aliphatic heterocycles. The molecule has 1 N–H and O–H groups in total. The van der Waals surface area contributed by atoms with E-state index in [9.17, 15) is 5.11 Å². The molecular formula is C12H22O3. The fraction of sp³-hybridized carbons (Fsp3) is 1.00. The summed E-state index contributed by atoms with van der Waals surface area (Å²) in [5.74, 6) is 1.02. The minimum absolute atomic E-state index is 0.168. The molecule has 88 valence electrons. The zero-order chi connectivity index (χ0) is 10.7. The van der Waals surface area contributed by atoms with Crippen LogP contribution < -0.4 is 0 Å². The first-order valence-electron chi connectivity index (χ1n) is 6.13. The van der Waals surface area contributed by atoms with E-state index in [1.807, 2.05) is 0 Å². The van der Waals surface area contributed by atoms with Crippen LogP contribution in [0, 0.1) is 11.8 Å². The lowest BCUT2D eigenvalue weighted by Gasteiger charge is -2.26. The number of hydrogen-bond donors (Lipinski definition) is 1. The lowest BCUT2D eigenvalue weighted by atomic mass is 9.87. The summed E-state index contributed by atoms with van der Waals surface area (Å²) in [4.78, 5) is 0. The molecule has 0 aromatic carbocycles. The molecule has 2 aliphatic rings. The lowest BCUT2D eigenvalue weighted by molar-refractivity contribution is 0.0244. The SMILES string of the molecule is CC1CC(C(O)CC2CCOCC2)CO1. The van der Waals surface area contributed by atoms with Crippen LogP contribution in [0.4, 0.5) is 0 Å². The van der Waals surface area contributed by atoms with Gasteiger partial charge in [-0.2, -0.15) is 0 Å². The van der Waals surface area contributed by atoms with Gasteiger partial charge in [-0.05, 0) is 38.5 Å². The van der Waals surface area contributed by atoms with Gasteiger partial charge in [0.25, 0.3) is 0 Å². The average Bonchev–Trinajstić information content (AvgIpc) is 2.66. The number of ether oxygens (including phenoxy) is 2. The maximum atomic E-state index is 10.1. The van der Waals surface area contributed by atoms with Crippen molar-refractivity contribution in [1.82, 2.24) is 0 Å². The fourth-order valence-corrected chi connectivity index (χ4v) is 2.63. The summed E-state index contributed by atoms with van der Waals surface area (Å²) in [5, 5.41) is 10.1. The second kappa shape index (κ2) is 5.28. The third-order valence-corrected chi connectivity index (χ3v) is 3.69. The Balaban J connectivity index is 1.73. The van der Waals surface area contributed by atoms with Crippen LogP contribution in [0.25, 0.3) is 0 Å². The molecule has 0 aliphatic carbocycles. The van der Waals surface area contributed by atoms with Gasteiger partial charge in [-0.25, -0.2) is 0 Å². The topological polar surface area (TPSA) is 38.7 Å². The fourth-order valence-electron chi connectivity index (χ4n) is 2.63. The van der Waals surface area contributed by atoms with E-state index in [4.69, 9.17) is 9.47 Å². The lowest BCUT2D eigenvalue weighted by Crippen LogP contribution is -2.27. The van der Waals surface area contributed by atoms with Gasteiger partial charge >= 0.3 is 0 Å². The number of rotatable bonds is 3. The molecule has 3 unspecified atom stereocenters. The van der Waals surface area contributed by atoms with Gasteiger partial charge in [0, 0.05) is 19.1 Å². The average molecular weight is 214 g/mol. The zero-order valence-corrected chi connectivity index (χ0v) is 9.52. The Bertz CT molecular complexity index is 189. The predicted octanol–water partition coefficient (Wildman–Crippen LogP) is 1.59. The smallest absolute Gasteiger partial charge is 0.0594 e. The largest absolute Gasteiger partial charge is 0.393 e. The normalized spacial score (nSPS) is 35.6. The van der Waals surface area contributed by atoms with Crippen molar-refractivity contribution in [1.29, 1.82) is 0 Å². The van der Waals surface area contributed by atoms with Gasteiger partial charge in [0.05, 0.1) is 18.8 Å². The highest BCUT2D eigenvalue weighted by molar-refractivity contribution is 4.79. The number of aliphatic hydroxyl groups excluding tert-OH is 1. The van der Waals surface area contributed by atoms with Crippen molar-refractivity contribution >= 4 is 0 Å². The van der Waals surface area contributed by atoms with Crippen molar-refractivity contribution in [3.05, 3.63) is 0 Å². The predicted molar refractivity (Wildman–Crippen MR) is 57.7 cm³/mol. The van der Waals surface area contributed by atoms with E-state index in [2.05, 4.69) is 6.92 Å². The van der Waals surface area contributed by atoms with Crippen LogP contribution in [0.5, 0.6) is 0 Å². The Labute approximate surface area is 91.8 Å². The zero-order valence-electron chi connectivity index (χ0n) is 9.52. The van der Waals surface area contributed by atoms with Gasteiger partial charge in [-0.3, -0.25) is 0 Å². The molecular weight excluding hydrogens is 192 g/mol. The second-order valence-corrected chi connectivity index (χ2v) is 5.00. The van der Waals surface area contributed by atoms with Crippen LogP contribution in [-0.4, -0.2) is 37.1 Å². The Morgan fingerprint density at radius 1 is 1.33 bits per heavy atom. The summed E-state index contributed by atoms with van der Waals surface area (Å²) < 4.78 is 10.8. The minimum Gasteiger partial charge on any atom is -0.393 e. The van der Waals surface area contributed by atoms with Crippen molar-refractivity contribution in [2.24, 2.45) is 11.8 Å². The Morgan fingerprint density at radius 2 is 2.07 bits per heavy atom. The molecule has 2 fully saturated rings. The third-order valence-electron chi connectivity index (χ3n) is 3.69. The molecule has 0 radical (unpaired) electrons. The highest BCUT2D eigenvalue weighted by Crippen LogP contribution is 2.28. The molecule has 0 bridgehead atoms. The van der Waals surface area contributed by atoms with Crippen molar-refractivity contribution in [2.75, 3.05) is 19.8 Å². The van der Waals surface area contributed by atoms with Gasteiger partial charge in [0.15, 0.2) is 0 Å². The van der Waals surface area contributed by atoms with E-state index >= 15 is 0 Å². The molecule has 3 heteroatoms. The quantitative estimate of drug-likeness (QED) is 0.775. The first-order chi connectivity index (χ1) is 7.25. The van der Waals surface area contributed by atoms with Crippen molar-refractivity contribution in [2.45, 2.75) is 44.8 Å². The molecule has 2 saturated heterocycles. The van der Waals surface area contributed by atoms with Crippen molar-refractivity contribution < 1.29 is 14.6 Å². The van der Waals surface area contributed by atoms with Gasteiger partial charge in [-0.15, -0.1) is 0 Å². The van der Waals surface area contributed by atoms with Gasteiger partial charge in [0.2, 0.25) is 0 Å². The van der Waals surface area contributed by atoms with Crippen LogP contribution in [0.1, 0.15) is 32.6 Å². The monoisotopic (exact) mass is 214 g/mol. The molecule has 15 heavy (non-hydrogen) atoms. The summed E-state index contributed by atoms with van der Waals surface area (Å²) in [7, 11) is 0. The molecule has 0 spiro atoms. The first-order valence-corrected chi connectivity index (χ1v) is 6.13. The summed E-state index contributed by atoms with van der Waals surface area (Å²) in [6.07, 6.45) is 4.34. The summed E-state index contributed by atoms with van der Waals surface area (Å²) in [6, 6.07) is 0. The Kier molecular flexibility index (Phi) is 4.00. The first kappa shape index (κ1) is 11.4. The summed E-state index contributed by atoms with van der Waals surface area (Å²) in [6.45, 7) is 4.57. The number of aliphatic hydroxyl groups is 1. The Morgan fingerprint density at radius 3 is 2.67 bits per heavy atom. The highest BCUT2D eigenvalue weighted by atomic mass is 16.5. The van der Waals surface area contributed by atoms with E-state index in [1.165, 1.54) is 0 Å². The van der Waals surface area contributed by atoms with E-state index in [0.717, 1.165) is 45.5 Å². The van der Waals surface area contributed by atoms with Gasteiger partial charge in [0.1, 0.15) is 0 Å². The van der Waals surface area contributed by atoms with Crippen LogP contribution in [0.3, 0.4) is 0 Å². The maximum Gasteiger partial charge on any atom is 0.0594 e. The standard InChI is InChI=1S/C12H22O3/c1-9-6-11(8-15-9)12(13)7-10-2-4-14-5-3-10/h9-13H,2-8H2,1H3. The van der Waals surface area contributed by atoms with Gasteiger partial charge in [-0.1, -0.05) is 0 Å². The summed E-state index contributed by atoms with van der Waals surface area (Å²) >= 11 is 0. The molecule has 3 atom stereocenters. The van der Waals surface area contributed by atoms with Crippen molar-refractivity contribution in [3.63, 3.8) is 0 Å². The van der Waals surface area contributed by atoms with Crippen LogP contribution in [0.2, 0.25) is 0 Å². The van der Waals surface area contributed by atoms with Crippen molar-refractivity contribution in [3.8, 4) is 0 Å². The van der Waals surface area contributed by atoms with E-state index in [-0.39, 0.29) is 6.10 Å². The van der Waals surface area contributed by atoms with Gasteiger partial charge < -0.3 is 14.6 Å². The second-order valence-electron chi connectivity index (χ2n) is 5.00. The molecule has 0 aromatic rings. The van der Waals surface area contributed by atoms with Crippen LogP contribution >= 0.6 is 0 Å². The minimum atomic E-state index is -0.168. The molecule has 0 aromatic heterocycles. The van der Waals surface area contributed by atoms with E-state index < -0.39 is 0 Å². The third kappa shape index (κ3) is 3.16. The highest BCUT2D eigenvalue weighted by Gasteiger charge is 2.30. The molecule has 2 rings (SSSR count). The summed E-state index contributed by atoms with van der Waals surface area (Å²) in [5.41, 5.74) is 0. The molecule has 0 amide bonds. The number of hydrogen-bond acceptors (Lipinski definition) is 3. The van der Waals surface area contributed by atoms with E-state index in [1.54, 1.807) is 0 Å². The Hall–Kier alpha value is -0.120. The van der Waals surface area contributed by atoms with Crippen LogP contribution in [-0.2, 0) is 9.47 Å². The maximum absolute atomic E-state index is 10.1. The van der Waals surface area contributed by atoms with E-state index in [0.29, 0.717) is 17.9 Å². The molecule has 0 saturated carbocycles. The molecule has 3 nitrogen and oxygen atoms in total. The molecule has 2 heterocycles. The van der Waals surface area contributed by atoms with Crippen LogP contribution in [0.15, 0.2) is 0 Å².